The molecular weight excluding hydrogens is 288 g/mol. The van der Waals surface area contributed by atoms with E-state index in [1.54, 1.807) is 7.11 Å². The molecule has 4 nitrogen and oxygen atoms in total. The smallest absolute Gasteiger partial charge is 0.176 e. The van der Waals surface area contributed by atoms with Gasteiger partial charge in [0.2, 0.25) is 0 Å². The maximum absolute atomic E-state index is 6.02. The van der Waals surface area contributed by atoms with Crippen LogP contribution in [0.15, 0.2) is 42.5 Å². The summed E-state index contributed by atoms with van der Waals surface area (Å²) in [7, 11) is 1.67. The normalized spacial score (nSPS) is 10.9. The number of aromatic nitrogens is 2. The third-order valence-electron chi connectivity index (χ3n) is 3.91. The van der Waals surface area contributed by atoms with Crippen molar-refractivity contribution >= 4 is 11.0 Å². The zero-order valence-electron chi connectivity index (χ0n) is 13.9. The lowest BCUT2D eigenvalue weighted by Crippen LogP contribution is -2.14. The molecule has 120 valence electrons. The first-order chi connectivity index (χ1) is 11.2. The van der Waals surface area contributed by atoms with E-state index in [9.17, 15) is 0 Å². The van der Waals surface area contributed by atoms with E-state index in [-0.39, 0.29) is 0 Å². The molecular formula is C19H22N2O2. The zero-order chi connectivity index (χ0) is 16.2. The molecule has 0 saturated heterocycles. The number of aryl methyl sites for hydroxylation is 1. The van der Waals surface area contributed by atoms with Crippen LogP contribution >= 0.6 is 0 Å². The highest BCUT2D eigenvalue weighted by Gasteiger charge is 2.15. The Balaban J connectivity index is 2.09. The monoisotopic (exact) mass is 310 g/mol. The van der Waals surface area contributed by atoms with Gasteiger partial charge in [-0.25, -0.2) is 4.98 Å². The lowest BCUT2D eigenvalue weighted by molar-refractivity contribution is 0.120. The van der Waals surface area contributed by atoms with Crippen LogP contribution in [0.5, 0.6) is 5.75 Å². The highest BCUT2D eigenvalue weighted by molar-refractivity contribution is 5.83. The Labute approximate surface area is 136 Å². The van der Waals surface area contributed by atoms with Crippen molar-refractivity contribution in [1.82, 2.24) is 9.71 Å². The van der Waals surface area contributed by atoms with E-state index < -0.39 is 0 Å². The van der Waals surface area contributed by atoms with Gasteiger partial charge in [-0.15, -0.1) is 0 Å². The van der Waals surface area contributed by atoms with Crippen LogP contribution in [0.25, 0.3) is 22.4 Å². The average Bonchev–Trinajstić information content (AvgIpc) is 2.95. The second-order valence-corrected chi connectivity index (χ2v) is 5.59. The van der Waals surface area contributed by atoms with Gasteiger partial charge in [0.25, 0.3) is 0 Å². The van der Waals surface area contributed by atoms with Gasteiger partial charge in [0.1, 0.15) is 17.9 Å². The Kier molecular flexibility index (Phi) is 4.51. The van der Waals surface area contributed by atoms with Crippen molar-refractivity contribution in [2.45, 2.75) is 26.7 Å². The fraction of sp³-hybridized carbons (Fsp3) is 0.316. The first-order valence-electron chi connectivity index (χ1n) is 8.00. The summed E-state index contributed by atoms with van der Waals surface area (Å²) in [5.74, 6) is 1.66. The molecule has 3 aromatic rings. The van der Waals surface area contributed by atoms with Gasteiger partial charge in [-0.05, 0) is 49.2 Å². The van der Waals surface area contributed by atoms with E-state index in [0.29, 0.717) is 6.61 Å². The van der Waals surface area contributed by atoms with Crippen molar-refractivity contribution in [2.75, 3.05) is 13.7 Å². The largest absolute Gasteiger partial charge is 0.497 e. The van der Waals surface area contributed by atoms with Gasteiger partial charge in [-0.3, -0.25) is 0 Å². The molecule has 1 aromatic heterocycles. The first-order valence-corrected chi connectivity index (χ1v) is 8.00. The standard InChI is InChI=1S/C19H22N2O2/c1-4-5-13-23-21-17-8-6-7-14(2)18(17)20-19(21)15-9-11-16(22-3)12-10-15/h6-12H,4-5,13H2,1-3H3. The van der Waals surface area contributed by atoms with Crippen molar-refractivity contribution in [3.63, 3.8) is 0 Å². The van der Waals surface area contributed by atoms with Crippen molar-refractivity contribution in [3.8, 4) is 17.1 Å². The number of hydrogen-bond donors (Lipinski definition) is 0. The van der Waals surface area contributed by atoms with Crippen LogP contribution in [0.2, 0.25) is 0 Å². The predicted octanol–water partition coefficient (Wildman–Crippen LogP) is 4.25. The molecule has 0 radical (unpaired) electrons. The molecule has 1 heterocycles. The van der Waals surface area contributed by atoms with E-state index >= 15 is 0 Å². The number of unbranched alkanes of at least 4 members (excludes halogenated alkanes) is 1. The maximum Gasteiger partial charge on any atom is 0.176 e. The number of imidazole rings is 1. The zero-order valence-corrected chi connectivity index (χ0v) is 13.9. The minimum atomic E-state index is 0.680. The summed E-state index contributed by atoms with van der Waals surface area (Å²) in [5, 5.41) is 0. The molecule has 0 spiro atoms. The molecule has 0 aliphatic carbocycles. The molecule has 0 aliphatic rings. The quantitative estimate of drug-likeness (QED) is 0.639. The number of nitrogens with zero attached hydrogens (tertiary/aromatic N) is 2. The Bertz CT molecular complexity index is 791. The van der Waals surface area contributed by atoms with Crippen molar-refractivity contribution in [3.05, 3.63) is 48.0 Å². The Morgan fingerprint density at radius 3 is 2.57 bits per heavy atom. The number of rotatable bonds is 6. The van der Waals surface area contributed by atoms with Gasteiger partial charge in [-0.1, -0.05) is 25.5 Å². The molecule has 2 aromatic carbocycles. The molecule has 0 amide bonds. The molecule has 0 fully saturated rings. The minimum Gasteiger partial charge on any atom is -0.497 e. The summed E-state index contributed by atoms with van der Waals surface area (Å²) < 4.78 is 7.10. The molecule has 3 rings (SSSR count). The third-order valence-corrected chi connectivity index (χ3v) is 3.91. The van der Waals surface area contributed by atoms with Crippen LogP contribution in [0.1, 0.15) is 25.3 Å². The summed E-state index contributed by atoms with van der Waals surface area (Å²) in [5.41, 5.74) is 4.15. The van der Waals surface area contributed by atoms with Gasteiger partial charge in [0, 0.05) is 5.56 Å². The van der Waals surface area contributed by atoms with Gasteiger partial charge in [0.05, 0.1) is 12.6 Å². The molecule has 0 N–H and O–H groups in total. The second kappa shape index (κ2) is 6.73. The predicted molar refractivity (Wildman–Crippen MR) is 92.8 cm³/mol. The molecule has 4 heteroatoms. The molecule has 0 atom stereocenters. The van der Waals surface area contributed by atoms with Crippen LogP contribution in [0.3, 0.4) is 0 Å². The van der Waals surface area contributed by atoms with Crippen molar-refractivity contribution < 1.29 is 9.57 Å². The van der Waals surface area contributed by atoms with Gasteiger partial charge >= 0.3 is 0 Å². The molecule has 23 heavy (non-hydrogen) atoms. The van der Waals surface area contributed by atoms with Crippen LogP contribution in [0, 0.1) is 6.92 Å². The summed E-state index contributed by atoms with van der Waals surface area (Å²) in [6.45, 7) is 4.91. The molecule has 0 saturated carbocycles. The number of methoxy groups -OCH3 is 1. The average molecular weight is 310 g/mol. The summed E-state index contributed by atoms with van der Waals surface area (Å²) >= 11 is 0. The van der Waals surface area contributed by atoms with Gasteiger partial charge < -0.3 is 9.57 Å². The van der Waals surface area contributed by atoms with E-state index in [1.165, 1.54) is 0 Å². The van der Waals surface area contributed by atoms with Crippen LogP contribution in [-0.4, -0.2) is 23.4 Å². The van der Waals surface area contributed by atoms with Crippen molar-refractivity contribution in [2.24, 2.45) is 0 Å². The fourth-order valence-electron chi connectivity index (χ4n) is 2.57. The summed E-state index contributed by atoms with van der Waals surface area (Å²) in [6.07, 6.45) is 2.12. The number of fused-ring (bicyclic) bond motifs is 1. The Morgan fingerprint density at radius 1 is 1.09 bits per heavy atom. The van der Waals surface area contributed by atoms with Gasteiger partial charge in [0.15, 0.2) is 5.82 Å². The number of para-hydroxylation sites is 1. The summed E-state index contributed by atoms with van der Waals surface area (Å²) in [6, 6.07) is 14.1. The molecule has 0 bridgehead atoms. The van der Waals surface area contributed by atoms with E-state index in [1.807, 2.05) is 41.1 Å². The topological polar surface area (TPSA) is 36.3 Å². The van der Waals surface area contributed by atoms with Gasteiger partial charge in [-0.2, -0.15) is 4.73 Å². The highest BCUT2D eigenvalue weighted by Crippen LogP contribution is 2.27. The number of benzene rings is 2. The Morgan fingerprint density at radius 2 is 1.87 bits per heavy atom. The number of hydrogen-bond acceptors (Lipinski definition) is 3. The van der Waals surface area contributed by atoms with Crippen LogP contribution < -0.4 is 9.57 Å². The first kappa shape index (κ1) is 15.4. The fourth-order valence-corrected chi connectivity index (χ4v) is 2.57. The second-order valence-electron chi connectivity index (χ2n) is 5.59. The summed E-state index contributed by atoms with van der Waals surface area (Å²) in [4.78, 5) is 10.8. The van der Waals surface area contributed by atoms with E-state index in [4.69, 9.17) is 14.6 Å². The lowest BCUT2D eigenvalue weighted by atomic mass is 10.2. The Hall–Kier alpha value is -2.49. The van der Waals surface area contributed by atoms with Crippen molar-refractivity contribution in [1.29, 1.82) is 0 Å². The lowest BCUT2D eigenvalue weighted by Gasteiger charge is -2.11. The third kappa shape index (κ3) is 3.02. The molecule has 0 unspecified atom stereocenters. The van der Waals surface area contributed by atoms with E-state index in [0.717, 1.165) is 46.6 Å². The number of ether oxygens (including phenoxy) is 1. The molecule has 0 aliphatic heterocycles. The van der Waals surface area contributed by atoms with E-state index in [2.05, 4.69) is 19.9 Å². The van der Waals surface area contributed by atoms with Crippen LogP contribution in [0.4, 0.5) is 0 Å². The maximum atomic E-state index is 6.02. The SMILES string of the molecule is CCCCOn1c(-c2ccc(OC)cc2)nc2c(C)cccc21. The highest BCUT2D eigenvalue weighted by atomic mass is 16.7. The van der Waals surface area contributed by atoms with Crippen LogP contribution in [-0.2, 0) is 0 Å². The minimum absolute atomic E-state index is 0.680.